The molecule has 3 rings (SSSR count). The molecule has 1 amide bonds. The molecule has 1 unspecified atom stereocenters. The van der Waals surface area contributed by atoms with Crippen LogP contribution in [0.5, 0.6) is 0 Å². The molecule has 0 saturated carbocycles. The van der Waals surface area contributed by atoms with Gasteiger partial charge >= 0.3 is 0 Å². The number of anilines is 1. The fourth-order valence-electron chi connectivity index (χ4n) is 2.65. The van der Waals surface area contributed by atoms with Crippen molar-refractivity contribution in [3.05, 3.63) is 64.7 Å². The first kappa shape index (κ1) is 14.2. The van der Waals surface area contributed by atoms with Crippen molar-refractivity contribution in [3.8, 4) is 0 Å². The van der Waals surface area contributed by atoms with Gasteiger partial charge in [-0.2, -0.15) is 0 Å². The van der Waals surface area contributed by atoms with Gasteiger partial charge in [0, 0.05) is 5.69 Å². The summed E-state index contributed by atoms with van der Waals surface area (Å²) in [4.78, 5) is 11.4. The number of benzene rings is 2. The third-order valence-corrected chi connectivity index (χ3v) is 4.45. The molecule has 2 aromatic carbocycles. The van der Waals surface area contributed by atoms with E-state index in [9.17, 15) is 4.79 Å². The maximum Gasteiger partial charge on any atom is 0.228 e. The van der Waals surface area contributed by atoms with Gasteiger partial charge in [-0.15, -0.1) is 11.6 Å². The number of carbonyl (C=O) groups is 1. The second-order valence-electron chi connectivity index (χ2n) is 5.83. The van der Waals surface area contributed by atoms with Gasteiger partial charge in [-0.3, -0.25) is 4.79 Å². The zero-order valence-electron chi connectivity index (χ0n) is 12.2. The monoisotopic (exact) mass is 299 g/mol. The standard InChI is InChI=1S/C18H18ClNO/c1-11(2)12-3-5-13(6-4-12)18(19)14-7-8-16-15(9-14)10-17(21)20-16/h3-9,11,18H,10H2,1-2H3,(H,20,21). The quantitative estimate of drug-likeness (QED) is 0.822. The summed E-state index contributed by atoms with van der Waals surface area (Å²) in [5, 5.41) is 2.65. The van der Waals surface area contributed by atoms with E-state index in [4.69, 9.17) is 11.6 Å². The van der Waals surface area contributed by atoms with Crippen molar-refractivity contribution in [1.82, 2.24) is 0 Å². The fourth-order valence-corrected chi connectivity index (χ4v) is 2.93. The van der Waals surface area contributed by atoms with Crippen LogP contribution in [0.4, 0.5) is 5.69 Å². The van der Waals surface area contributed by atoms with Gasteiger partial charge in [0.25, 0.3) is 0 Å². The summed E-state index contributed by atoms with van der Waals surface area (Å²) >= 11 is 6.60. The maximum atomic E-state index is 11.4. The van der Waals surface area contributed by atoms with Gasteiger partial charge in [0.05, 0.1) is 11.8 Å². The van der Waals surface area contributed by atoms with Crippen molar-refractivity contribution in [2.75, 3.05) is 5.32 Å². The molecule has 1 aliphatic heterocycles. The van der Waals surface area contributed by atoms with Crippen molar-refractivity contribution >= 4 is 23.2 Å². The Bertz CT molecular complexity index is 676. The normalized spacial score (nSPS) is 15.0. The predicted octanol–water partition coefficient (Wildman–Crippen LogP) is 4.63. The molecule has 0 saturated heterocycles. The largest absolute Gasteiger partial charge is 0.326 e. The molecule has 1 heterocycles. The molecule has 0 fully saturated rings. The third-order valence-electron chi connectivity index (χ3n) is 3.94. The zero-order valence-corrected chi connectivity index (χ0v) is 12.9. The van der Waals surface area contributed by atoms with Crippen molar-refractivity contribution in [2.45, 2.75) is 31.6 Å². The first-order valence-corrected chi connectivity index (χ1v) is 7.65. The highest BCUT2D eigenvalue weighted by atomic mass is 35.5. The van der Waals surface area contributed by atoms with Crippen LogP contribution >= 0.6 is 11.6 Å². The number of hydrogen-bond donors (Lipinski definition) is 1. The lowest BCUT2D eigenvalue weighted by Crippen LogP contribution is -2.03. The average molecular weight is 300 g/mol. The first-order valence-electron chi connectivity index (χ1n) is 7.21. The highest BCUT2D eigenvalue weighted by Crippen LogP contribution is 2.33. The lowest BCUT2D eigenvalue weighted by molar-refractivity contribution is -0.115. The average Bonchev–Trinajstić information content (AvgIpc) is 2.85. The fraction of sp³-hybridized carbons (Fsp3) is 0.278. The van der Waals surface area contributed by atoms with Crippen LogP contribution in [0.25, 0.3) is 0 Å². The Morgan fingerprint density at radius 2 is 1.62 bits per heavy atom. The first-order chi connectivity index (χ1) is 10.0. The van der Waals surface area contributed by atoms with Crippen LogP contribution < -0.4 is 5.32 Å². The molecule has 2 nitrogen and oxygen atoms in total. The molecular formula is C18H18ClNO. The molecule has 0 aliphatic carbocycles. The van der Waals surface area contributed by atoms with Crippen LogP contribution in [-0.2, 0) is 11.2 Å². The summed E-state index contributed by atoms with van der Waals surface area (Å²) in [7, 11) is 0. The Kier molecular flexibility index (Phi) is 3.73. The predicted molar refractivity (Wildman–Crippen MR) is 87.0 cm³/mol. The van der Waals surface area contributed by atoms with Gasteiger partial charge < -0.3 is 5.32 Å². The number of halogens is 1. The number of fused-ring (bicyclic) bond motifs is 1. The van der Waals surface area contributed by atoms with E-state index >= 15 is 0 Å². The van der Waals surface area contributed by atoms with Crippen LogP contribution in [0.1, 0.15) is 47.4 Å². The van der Waals surface area contributed by atoms with Crippen LogP contribution in [0.15, 0.2) is 42.5 Å². The molecule has 0 radical (unpaired) electrons. The summed E-state index contributed by atoms with van der Waals surface area (Å²) < 4.78 is 0. The van der Waals surface area contributed by atoms with E-state index in [-0.39, 0.29) is 11.3 Å². The number of nitrogens with one attached hydrogen (secondary N) is 1. The third kappa shape index (κ3) is 2.81. The topological polar surface area (TPSA) is 29.1 Å². The van der Waals surface area contributed by atoms with Gasteiger partial charge in [0.15, 0.2) is 0 Å². The zero-order chi connectivity index (χ0) is 15.0. The summed E-state index contributed by atoms with van der Waals surface area (Å²) in [6.07, 6.45) is 0.444. The molecule has 2 aromatic rings. The van der Waals surface area contributed by atoms with Crippen molar-refractivity contribution < 1.29 is 4.79 Å². The molecule has 0 spiro atoms. The van der Waals surface area contributed by atoms with E-state index < -0.39 is 0 Å². The Morgan fingerprint density at radius 1 is 1.00 bits per heavy atom. The Labute approximate surface area is 130 Å². The smallest absolute Gasteiger partial charge is 0.228 e. The maximum absolute atomic E-state index is 11.4. The molecule has 1 N–H and O–H groups in total. The number of carbonyl (C=O) groups excluding carboxylic acids is 1. The van der Waals surface area contributed by atoms with Crippen molar-refractivity contribution in [2.24, 2.45) is 0 Å². The van der Waals surface area contributed by atoms with Crippen LogP contribution in [-0.4, -0.2) is 5.91 Å². The van der Waals surface area contributed by atoms with Crippen molar-refractivity contribution in [3.63, 3.8) is 0 Å². The number of hydrogen-bond acceptors (Lipinski definition) is 1. The molecule has 0 aromatic heterocycles. The second kappa shape index (κ2) is 5.53. The Balaban J connectivity index is 1.87. The van der Waals surface area contributed by atoms with E-state index in [0.29, 0.717) is 12.3 Å². The lowest BCUT2D eigenvalue weighted by atomic mass is 9.97. The van der Waals surface area contributed by atoms with E-state index in [0.717, 1.165) is 22.4 Å². The van der Waals surface area contributed by atoms with Gasteiger partial charge in [0.1, 0.15) is 0 Å². The molecule has 0 bridgehead atoms. The summed E-state index contributed by atoms with van der Waals surface area (Å²) in [6.45, 7) is 4.36. The van der Waals surface area contributed by atoms with Gasteiger partial charge in [0.2, 0.25) is 5.91 Å². The van der Waals surface area contributed by atoms with Gasteiger partial charge in [-0.1, -0.05) is 50.2 Å². The minimum Gasteiger partial charge on any atom is -0.326 e. The second-order valence-corrected chi connectivity index (χ2v) is 6.26. The molecule has 108 valence electrons. The Hall–Kier alpha value is -1.80. The minimum atomic E-state index is -0.188. The lowest BCUT2D eigenvalue weighted by Gasteiger charge is -2.13. The van der Waals surface area contributed by atoms with E-state index in [2.05, 4.69) is 43.4 Å². The SMILES string of the molecule is CC(C)c1ccc(C(Cl)c2ccc3c(c2)CC(=O)N3)cc1. The van der Waals surface area contributed by atoms with Crippen LogP contribution in [0, 0.1) is 0 Å². The number of amides is 1. The number of alkyl halides is 1. The van der Waals surface area contributed by atoms with Gasteiger partial charge in [-0.25, -0.2) is 0 Å². The molecule has 1 atom stereocenters. The summed E-state index contributed by atoms with van der Waals surface area (Å²) in [6, 6.07) is 14.4. The molecule has 3 heteroatoms. The van der Waals surface area contributed by atoms with E-state index in [1.54, 1.807) is 0 Å². The number of rotatable bonds is 3. The van der Waals surface area contributed by atoms with E-state index in [1.807, 2.05) is 18.2 Å². The highest BCUT2D eigenvalue weighted by molar-refractivity contribution is 6.22. The Morgan fingerprint density at radius 3 is 2.29 bits per heavy atom. The molecular weight excluding hydrogens is 282 g/mol. The van der Waals surface area contributed by atoms with Gasteiger partial charge in [-0.05, 0) is 34.2 Å². The van der Waals surface area contributed by atoms with Crippen molar-refractivity contribution in [1.29, 1.82) is 0 Å². The summed E-state index contributed by atoms with van der Waals surface area (Å²) in [5.74, 6) is 0.569. The van der Waals surface area contributed by atoms with Crippen LogP contribution in [0.3, 0.4) is 0 Å². The van der Waals surface area contributed by atoms with Crippen LogP contribution in [0.2, 0.25) is 0 Å². The van der Waals surface area contributed by atoms with E-state index in [1.165, 1.54) is 5.56 Å². The molecule has 1 aliphatic rings. The molecule has 21 heavy (non-hydrogen) atoms. The minimum absolute atomic E-state index is 0.0505. The highest BCUT2D eigenvalue weighted by Gasteiger charge is 2.20. The summed E-state index contributed by atoms with van der Waals surface area (Å²) in [5.41, 5.74) is 5.36.